The van der Waals surface area contributed by atoms with Crippen molar-refractivity contribution in [3.8, 4) is 0 Å². The Morgan fingerprint density at radius 1 is 1.33 bits per heavy atom. The van der Waals surface area contributed by atoms with E-state index in [0.29, 0.717) is 12.8 Å². The van der Waals surface area contributed by atoms with Crippen LogP contribution < -0.4 is 9.44 Å². The Hall–Kier alpha value is -1.35. The predicted molar refractivity (Wildman–Crippen MR) is 61.0 cm³/mol. The van der Waals surface area contributed by atoms with Crippen molar-refractivity contribution in [2.45, 2.75) is 38.8 Å². The lowest BCUT2D eigenvalue weighted by Gasteiger charge is -2.15. The van der Waals surface area contributed by atoms with E-state index in [4.69, 9.17) is 5.11 Å². The van der Waals surface area contributed by atoms with E-state index in [-0.39, 0.29) is 5.92 Å². The molecular weight excluding hydrogens is 264 g/mol. The second kappa shape index (κ2) is 5.53. The molecule has 1 amide bonds. The van der Waals surface area contributed by atoms with Crippen LogP contribution in [0.15, 0.2) is 0 Å². The molecule has 1 rings (SSSR count). The third kappa shape index (κ3) is 4.88. The Balaban J connectivity index is 2.57. The van der Waals surface area contributed by atoms with Gasteiger partial charge in [-0.05, 0) is 32.6 Å². The van der Waals surface area contributed by atoms with Crippen LogP contribution in [0.3, 0.4) is 0 Å². The van der Waals surface area contributed by atoms with Crippen molar-refractivity contribution in [2.24, 2.45) is 5.92 Å². The normalized spacial score (nSPS) is 17.3. The molecule has 0 spiro atoms. The second-order valence-electron chi connectivity index (χ2n) is 4.33. The van der Waals surface area contributed by atoms with Crippen molar-refractivity contribution < 1.29 is 27.9 Å². The number of rotatable bonds is 6. The first-order chi connectivity index (χ1) is 8.21. The molecule has 0 aromatic carbocycles. The summed E-state index contributed by atoms with van der Waals surface area (Å²) in [5, 5.41) is 8.86. The lowest BCUT2D eigenvalue weighted by molar-refractivity contribution is -0.139. The average molecular weight is 280 g/mol. The zero-order valence-corrected chi connectivity index (χ0v) is 10.9. The van der Waals surface area contributed by atoms with Gasteiger partial charge in [0.15, 0.2) is 0 Å². The lowest BCUT2D eigenvalue weighted by Crippen LogP contribution is -2.49. The highest BCUT2D eigenvalue weighted by Crippen LogP contribution is 2.32. The summed E-state index contributed by atoms with van der Waals surface area (Å²) in [6, 6.07) is -1.21. The third-order valence-corrected chi connectivity index (χ3v) is 3.20. The maximum absolute atomic E-state index is 11.5. The average Bonchev–Trinajstić information content (AvgIpc) is 2.94. The highest BCUT2D eigenvalue weighted by atomic mass is 32.2. The van der Waals surface area contributed by atoms with Crippen molar-refractivity contribution in [1.29, 1.82) is 0 Å². The van der Waals surface area contributed by atoms with Gasteiger partial charge in [-0.25, -0.2) is 9.52 Å². The molecule has 0 aliphatic heterocycles. The maximum Gasteiger partial charge on any atom is 0.422 e. The molecular formula is C9H16N2O6S. The minimum atomic E-state index is -4.23. The number of carbonyl (C=O) groups excluding carboxylic acids is 1. The number of aliphatic carboxylic acids is 1. The van der Waals surface area contributed by atoms with Crippen LogP contribution in [0, 0.1) is 5.92 Å². The predicted octanol–water partition coefficient (Wildman–Crippen LogP) is -0.181. The molecule has 1 aliphatic carbocycles. The highest BCUT2D eigenvalue weighted by Gasteiger charge is 2.39. The van der Waals surface area contributed by atoms with Crippen LogP contribution in [-0.2, 0) is 19.7 Å². The molecule has 0 aromatic rings. The van der Waals surface area contributed by atoms with Crippen molar-refractivity contribution >= 4 is 22.3 Å². The second-order valence-corrected chi connectivity index (χ2v) is 5.78. The Kier molecular flexibility index (Phi) is 4.52. The summed E-state index contributed by atoms with van der Waals surface area (Å²) >= 11 is 0. The summed E-state index contributed by atoms with van der Waals surface area (Å²) in [6.45, 7) is 3.12. The summed E-state index contributed by atoms with van der Waals surface area (Å²) in [5.74, 6) is -1.49. The van der Waals surface area contributed by atoms with Gasteiger partial charge in [-0.2, -0.15) is 13.1 Å². The molecule has 0 heterocycles. The van der Waals surface area contributed by atoms with Crippen LogP contribution in [0.5, 0.6) is 0 Å². The molecule has 18 heavy (non-hydrogen) atoms. The summed E-state index contributed by atoms with van der Waals surface area (Å²) in [6.07, 6.45) is -0.317. The fourth-order valence-corrected chi connectivity index (χ4v) is 2.28. The van der Waals surface area contributed by atoms with Crippen LogP contribution >= 0.6 is 0 Å². The van der Waals surface area contributed by atoms with Gasteiger partial charge in [-0.3, -0.25) is 4.79 Å². The van der Waals surface area contributed by atoms with E-state index in [1.807, 2.05) is 4.72 Å². The SMILES string of the molecule is CC(C)OC(=O)NS(=O)(=O)NC(C(=O)O)C1CC1. The fraction of sp³-hybridized carbons (Fsp3) is 0.778. The first-order valence-corrected chi connectivity index (χ1v) is 6.93. The van der Waals surface area contributed by atoms with Gasteiger partial charge in [0.05, 0.1) is 6.10 Å². The Morgan fingerprint density at radius 3 is 2.28 bits per heavy atom. The van der Waals surface area contributed by atoms with Crippen LogP contribution in [0.1, 0.15) is 26.7 Å². The van der Waals surface area contributed by atoms with Crippen LogP contribution in [0.2, 0.25) is 0 Å². The lowest BCUT2D eigenvalue weighted by atomic mass is 10.2. The Labute approximate surface area is 105 Å². The Bertz CT molecular complexity index is 428. The summed E-state index contributed by atoms with van der Waals surface area (Å²) < 4.78 is 31.1. The third-order valence-electron chi connectivity index (χ3n) is 2.20. The monoisotopic (exact) mass is 280 g/mol. The molecule has 1 aliphatic rings. The number of carboxylic acid groups (broad SMARTS) is 1. The van der Waals surface area contributed by atoms with E-state index >= 15 is 0 Å². The first-order valence-electron chi connectivity index (χ1n) is 5.45. The molecule has 104 valence electrons. The number of ether oxygens (including phenoxy) is 1. The quantitative estimate of drug-likeness (QED) is 0.620. The number of nitrogens with one attached hydrogen (secondary N) is 2. The molecule has 3 N–H and O–H groups in total. The number of hydrogen-bond donors (Lipinski definition) is 3. The molecule has 8 nitrogen and oxygen atoms in total. The van der Waals surface area contributed by atoms with E-state index in [2.05, 4.69) is 4.74 Å². The van der Waals surface area contributed by atoms with E-state index in [9.17, 15) is 18.0 Å². The molecule has 1 unspecified atom stereocenters. The summed E-state index contributed by atoms with van der Waals surface area (Å²) in [7, 11) is -4.23. The van der Waals surface area contributed by atoms with Gasteiger partial charge in [-0.15, -0.1) is 0 Å². The summed E-state index contributed by atoms with van der Waals surface area (Å²) in [4.78, 5) is 22.0. The van der Waals surface area contributed by atoms with E-state index < -0.39 is 34.4 Å². The minimum absolute atomic E-state index is 0.222. The highest BCUT2D eigenvalue weighted by molar-refractivity contribution is 7.88. The molecule has 0 radical (unpaired) electrons. The number of carboxylic acids is 1. The molecule has 0 bridgehead atoms. The zero-order valence-electron chi connectivity index (χ0n) is 10.0. The Morgan fingerprint density at radius 2 is 1.89 bits per heavy atom. The molecule has 9 heteroatoms. The molecule has 1 saturated carbocycles. The van der Waals surface area contributed by atoms with Gasteiger partial charge < -0.3 is 9.84 Å². The standard InChI is InChI=1S/C9H16N2O6S/c1-5(2)17-9(14)11-18(15,16)10-7(8(12)13)6-3-4-6/h5-7,10H,3-4H2,1-2H3,(H,11,14)(H,12,13). The van der Waals surface area contributed by atoms with E-state index in [1.165, 1.54) is 0 Å². The minimum Gasteiger partial charge on any atom is -0.480 e. The number of hydrogen-bond acceptors (Lipinski definition) is 5. The van der Waals surface area contributed by atoms with Crippen LogP contribution in [-0.4, -0.2) is 37.7 Å². The van der Waals surface area contributed by atoms with Crippen molar-refractivity contribution in [1.82, 2.24) is 9.44 Å². The van der Waals surface area contributed by atoms with Gasteiger partial charge in [0.25, 0.3) is 0 Å². The van der Waals surface area contributed by atoms with Crippen LogP contribution in [0.25, 0.3) is 0 Å². The van der Waals surface area contributed by atoms with Crippen molar-refractivity contribution in [2.75, 3.05) is 0 Å². The number of carbonyl (C=O) groups is 2. The van der Waals surface area contributed by atoms with Gasteiger partial charge in [0.2, 0.25) is 0 Å². The van der Waals surface area contributed by atoms with Crippen molar-refractivity contribution in [3.05, 3.63) is 0 Å². The smallest absolute Gasteiger partial charge is 0.422 e. The number of amides is 1. The largest absolute Gasteiger partial charge is 0.480 e. The first kappa shape index (κ1) is 14.7. The van der Waals surface area contributed by atoms with Gasteiger partial charge in [0.1, 0.15) is 6.04 Å². The molecule has 0 saturated heterocycles. The zero-order chi connectivity index (χ0) is 13.9. The maximum atomic E-state index is 11.5. The summed E-state index contributed by atoms with van der Waals surface area (Å²) in [5.41, 5.74) is 0. The molecule has 1 atom stereocenters. The van der Waals surface area contributed by atoms with Crippen LogP contribution in [0.4, 0.5) is 4.79 Å². The van der Waals surface area contributed by atoms with Gasteiger partial charge >= 0.3 is 22.3 Å². The molecule has 0 aromatic heterocycles. The topological polar surface area (TPSA) is 122 Å². The fourth-order valence-electron chi connectivity index (χ4n) is 1.32. The van der Waals surface area contributed by atoms with Gasteiger partial charge in [-0.1, -0.05) is 0 Å². The van der Waals surface area contributed by atoms with Gasteiger partial charge in [0, 0.05) is 0 Å². The van der Waals surface area contributed by atoms with E-state index in [0.717, 1.165) is 0 Å². The van der Waals surface area contributed by atoms with Crippen molar-refractivity contribution in [3.63, 3.8) is 0 Å². The van der Waals surface area contributed by atoms with E-state index in [1.54, 1.807) is 18.6 Å². The molecule has 1 fully saturated rings.